The molecule has 3 saturated heterocycles. The zero-order valence-corrected chi connectivity index (χ0v) is 14.7. The topological polar surface area (TPSA) is 17.4 Å². The minimum atomic E-state index is 0.661. The maximum Gasteiger partial charge on any atom is 0.121 e. The Labute approximate surface area is 148 Å². The first-order valence-electron chi connectivity index (χ1n) is 9.33. The number of para-hydroxylation sites is 1. The number of nitrogens with zero attached hydrogens (tertiary/aromatic N) is 2. The fourth-order valence-electron chi connectivity index (χ4n) is 4.53. The first kappa shape index (κ1) is 14.9. The Balaban J connectivity index is 1.38. The second-order valence-electron chi connectivity index (χ2n) is 7.40. The van der Waals surface area contributed by atoms with Gasteiger partial charge in [-0.3, -0.25) is 0 Å². The molecule has 0 spiro atoms. The maximum atomic E-state index is 6.06. The number of fused-ring (bicyclic) bond motifs is 6. The molecule has 0 amide bonds. The van der Waals surface area contributed by atoms with Gasteiger partial charge in [0.1, 0.15) is 12.4 Å². The lowest BCUT2D eigenvalue weighted by atomic mass is 9.86. The summed E-state index contributed by atoms with van der Waals surface area (Å²) in [6.07, 6.45) is 6.27. The highest BCUT2D eigenvalue weighted by Gasteiger charge is 2.28. The summed E-state index contributed by atoms with van der Waals surface area (Å²) in [6.45, 7) is 3.13. The number of hydrogen-bond donors (Lipinski definition) is 0. The molecule has 0 aliphatic carbocycles. The molecule has 6 rings (SSSR count). The maximum absolute atomic E-state index is 6.06. The van der Waals surface area contributed by atoms with Crippen LogP contribution in [0.1, 0.15) is 19.3 Å². The standard InChI is InChI=1S/C22H24N2O/c1-23-21-5-3-2-4-19(21)20-7-6-18(15-22(20)23)25-13-10-17-14-16-8-11-24(17)12-9-16/h2-7,10,15-16H,8-9,11-14H2,1H3. The minimum Gasteiger partial charge on any atom is -0.489 e. The van der Waals surface area contributed by atoms with Gasteiger partial charge in [0, 0.05) is 48.2 Å². The monoisotopic (exact) mass is 332 g/mol. The molecule has 1 aromatic heterocycles. The van der Waals surface area contributed by atoms with Crippen molar-refractivity contribution in [1.29, 1.82) is 0 Å². The number of aryl methyl sites for hydroxylation is 1. The van der Waals surface area contributed by atoms with E-state index in [2.05, 4.69) is 65.1 Å². The van der Waals surface area contributed by atoms with Gasteiger partial charge < -0.3 is 14.2 Å². The molecule has 0 saturated carbocycles. The molecule has 3 aliphatic heterocycles. The van der Waals surface area contributed by atoms with E-state index in [9.17, 15) is 0 Å². The van der Waals surface area contributed by atoms with E-state index in [1.54, 1.807) is 0 Å². The van der Waals surface area contributed by atoms with Gasteiger partial charge in [-0.25, -0.2) is 0 Å². The van der Waals surface area contributed by atoms with Crippen LogP contribution in [0.4, 0.5) is 0 Å². The van der Waals surface area contributed by atoms with Crippen LogP contribution in [0.5, 0.6) is 5.75 Å². The number of ether oxygens (including phenoxy) is 1. The van der Waals surface area contributed by atoms with Crippen LogP contribution in [0, 0.1) is 5.92 Å². The third-order valence-corrected chi connectivity index (χ3v) is 5.97. The number of aromatic nitrogens is 1. The lowest BCUT2D eigenvalue weighted by molar-refractivity contribution is 0.158. The second-order valence-corrected chi connectivity index (χ2v) is 7.40. The van der Waals surface area contributed by atoms with Gasteiger partial charge in [-0.05, 0) is 49.5 Å². The average molecular weight is 332 g/mol. The molecule has 128 valence electrons. The highest BCUT2D eigenvalue weighted by Crippen LogP contribution is 2.34. The van der Waals surface area contributed by atoms with E-state index in [1.807, 2.05) is 0 Å². The first-order chi connectivity index (χ1) is 12.3. The lowest BCUT2D eigenvalue weighted by Crippen LogP contribution is -2.39. The molecule has 3 aromatic rings. The molecule has 3 heteroatoms. The van der Waals surface area contributed by atoms with Crippen LogP contribution in [0.2, 0.25) is 0 Å². The average Bonchev–Trinajstić information content (AvgIpc) is 2.95. The third kappa shape index (κ3) is 2.50. The summed E-state index contributed by atoms with van der Waals surface area (Å²) in [5.74, 6) is 1.86. The van der Waals surface area contributed by atoms with Crippen LogP contribution in [0.3, 0.4) is 0 Å². The Hall–Kier alpha value is -2.42. The first-order valence-corrected chi connectivity index (χ1v) is 9.33. The highest BCUT2D eigenvalue weighted by atomic mass is 16.5. The normalized spacial score (nSPS) is 19.4. The molecule has 25 heavy (non-hydrogen) atoms. The van der Waals surface area contributed by atoms with Gasteiger partial charge in [-0.2, -0.15) is 0 Å². The van der Waals surface area contributed by atoms with E-state index in [4.69, 9.17) is 4.74 Å². The third-order valence-electron chi connectivity index (χ3n) is 5.97. The number of hydrogen-bond acceptors (Lipinski definition) is 2. The van der Waals surface area contributed by atoms with Gasteiger partial charge >= 0.3 is 0 Å². The van der Waals surface area contributed by atoms with Gasteiger partial charge in [-0.1, -0.05) is 18.2 Å². The van der Waals surface area contributed by atoms with Crippen molar-refractivity contribution in [3.05, 3.63) is 54.2 Å². The number of allylic oxidation sites excluding steroid dienone is 1. The van der Waals surface area contributed by atoms with Crippen LogP contribution in [-0.2, 0) is 7.05 Å². The van der Waals surface area contributed by atoms with Crippen molar-refractivity contribution in [3.8, 4) is 5.75 Å². The molecule has 0 atom stereocenters. The van der Waals surface area contributed by atoms with Crippen LogP contribution < -0.4 is 4.74 Å². The lowest BCUT2D eigenvalue weighted by Gasteiger charge is -2.42. The molecule has 3 nitrogen and oxygen atoms in total. The molecular formula is C22H24N2O. The van der Waals surface area contributed by atoms with Gasteiger partial charge in [-0.15, -0.1) is 0 Å². The Bertz CT molecular complexity index is 961. The van der Waals surface area contributed by atoms with Crippen LogP contribution in [-0.4, -0.2) is 29.2 Å². The second kappa shape index (κ2) is 5.83. The quantitative estimate of drug-likeness (QED) is 0.691. The van der Waals surface area contributed by atoms with Crippen molar-refractivity contribution in [3.63, 3.8) is 0 Å². The SMILES string of the molecule is Cn1c2ccccc2c2ccc(OCC=C3CC4CCN3CC4)cc21. The highest BCUT2D eigenvalue weighted by molar-refractivity contribution is 6.08. The molecule has 0 N–H and O–H groups in total. The number of piperidine rings is 3. The molecule has 0 radical (unpaired) electrons. The summed E-state index contributed by atoms with van der Waals surface area (Å²) in [5, 5.41) is 2.60. The predicted molar refractivity (Wildman–Crippen MR) is 103 cm³/mol. The van der Waals surface area contributed by atoms with Crippen molar-refractivity contribution in [1.82, 2.24) is 9.47 Å². The Morgan fingerprint density at radius 2 is 1.84 bits per heavy atom. The van der Waals surface area contributed by atoms with E-state index < -0.39 is 0 Å². The van der Waals surface area contributed by atoms with E-state index in [1.165, 1.54) is 59.9 Å². The summed E-state index contributed by atoms with van der Waals surface area (Å²) < 4.78 is 8.31. The van der Waals surface area contributed by atoms with Gasteiger partial charge in [0.05, 0.1) is 5.52 Å². The van der Waals surface area contributed by atoms with Crippen LogP contribution in [0.25, 0.3) is 21.8 Å². The zero-order valence-electron chi connectivity index (χ0n) is 14.7. The van der Waals surface area contributed by atoms with Crippen molar-refractivity contribution < 1.29 is 4.74 Å². The molecule has 3 fully saturated rings. The minimum absolute atomic E-state index is 0.661. The van der Waals surface area contributed by atoms with Gasteiger partial charge in [0.2, 0.25) is 0 Å². The van der Waals surface area contributed by atoms with Crippen LogP contribution in [0.15, 0.2) is 54.2 Å². The Morgan fingerprint density at radius 3 is 2.64 bits per heavy atom. The van der Waals surface area contributed by atoms with Crippen molar-refractivity contribution in [2.45, 2.75) is 19.3 Å². The summed E-state index contributed by atoms with van der Waals surface area (Å²) >= 11 is 0. The molecule has 0 unspecified atom stereocenters. The van der Waals surface area contributed by atoms with Crippen molar-refractivity contribution in [2.75, 3.05) is 19.7 Å². The number of benzene rings is 2. The van der Waals surface area contributed by atoms with Crippen LogP contribution >= 0.6 is 0 Å². The fourth-order valence-corrected chi connectivity index (χ4v) is 4.53. The van der Waals surface area contributed by atoms with E-state index >= 15 is 0 Å². The predicted octanol–water partition coefficient (Wildman–Crippen LogP) is 4.71. The van der Waals surface area contributed by atoms with E-state index in [0.717, 1.165) is 11.7 Å². The Morgan fingerprint density at radius 1 is 1.04 bits per heavy atom. The summed E-state index contributed by atoms with van der Waals surface area (Å²) in [5.41, 5.74) is 3.99. The van der Waals surface area contributed by atoms with E-state index in [-0.39, 0.29) is 0 Å². The van der Waals surface area contributed by atoms with Gasteiger partial charge in [0.25, 0.3) is 0 Å². The molecular weight excluding hydrogens is 308 g/mol. The number of rotatable bonds is 3. The van der Waals surface area contributed by atoms with Crippen molar-refractivity contribution in [2.24, 2.45) is 13.0 Å². The van der Waals surface area contributed by atoms with Gasteiger partial charge in [0.15, 0.2) is 0 Å². The van der Waals surface area contributed by atoms with E-state index in [0.29, 0.717) is 6.61 Å². The molecule has 2 aromatic carbocycles. The summed E-state index contributed by atoms with van der Waals surface area (Å²) in [6, 6.07) is 15.0. The largest absolute Gasteiger partial charge is 0.489 e. The zero-order chi connectivity index (χ0) is 16.8. The fraction of sp³-hybridized carbons (Fsp3) is 0.364. The van der Waals surface area contributed by atoms with Crippen molar-refractivity contribution >= 4 is 21.8 Å². The molecule has 4 heterocycles. The molecule has 2 bridgehead atoms. The Kier molecular flexibility index (Phi) is 3.47. The smallest absolute Gasteiger partial charge is 0.121 e. The molecule has 3 aliphatic rings. The summed E-state index contributed by atoms with van der Waals surface area (Å²) in [7, 11) is 2.13. The summed E-state index contributed by atoms with van der Waals surface area (Å²) in [4.78, 5) is 2.54.